The lowest BCUT2D eigenvalue weighted by molar-refractivity contribution is -0.274. The first kappa shape index (κ1) is 14.0. The molecule has 0 aliphatic heterocycles. The molecule has 1 aromatic carbocycles. The third-order valence-corrected chi connectivity index (χ3v) is 1.92. The number of aliphatic hydroxyl groups excluding tert-OH is 1. The predicted octanol–water partition coefficient (Wildman–Crippen LogP) is 3.45. The largest absolute Gasteiger partial charge is 0.573 e. The first-order chi connectivity index (χ1) is 7.59. The summed E-state index contributed by atoms with van der Waals surface area (Å²) in [5, 5.41) is 5.09. The minimum Gasteiger partial charge on any atom is -0.406 e. The van der Waals surface area contributed by atoms with E-state index >= 15 is 0 Å². The Morgan fingerprint density at radius 1 is 1.18 bits per heavy atom. The van der Waals surface area contributed by atoms with E-state index in [2.05, 4.69) is 16.3 Å². The van der Waals surface area contributed by atoms with Gasteiger partial charge in [-0.2, -0.15) is 8.78 Å². The maximum absolute atomic E-state index is 12.5. The van der Waals surface area contributed by atoms with Crippen molar-refractivity contribution in [2.75, 3.05) is 0 Å². The summed E-state index contributed by atoms with van der Waals surface area (Å²) in [6.45, 7) is 0. The van der Waals surface area contributed by atoms with Crippen molar-refractivity contribution in [3.63, 3.8) is 0 Å². The third kappa shape index (κ3) is 4.35. The highest BCUT2D eigenvalue weighted by Gasteiger charge is 2.37. The predicted molar refractivity (Wildman–Crippen MR) is 48.9 cm³/mol. The highest BCUT2D eigenvalue weighted by molar-refractivity contribution is 6.22. The summed E-state index contributed by atoms with van der Waals surface area (Å²) in [6, 6.07) is 3.58. The molecule has 2 nitrogen and oxygen atoms in total. The van der Waals surface area contributed by atoms with Gasteiger partial charge in [0.15, 0.2) is 6.10 Å². The Bertz CT molecular complexity index is 388. The first-order valence-electron chi connectivity index (χ1n) is 4.20. The summed E-state index contributed by atoms with van der Waals surface area (Å²) >= 11 is 4.56. The molecule has 0 bridgehead atoms. The molecule has 0 aliphatic rings. The topological polar surface area (TPSA) is 29.5 Å². The maximum Gasteiger partial charge on any atom is 0.573 e. The highest BCUT2D eigenvalue weighted by atomic mass is 35.5. The van der Waals surface area contributed by atoms with E-state index in [4.69, 9.17) is 5.11 Å². The smallest absolute Gasteiger partial charge is 0.406 e. The van der Waals surface area contributed by atoms with Crippen LogP contribution in [0, 0.1) is 0 Å². The molecule has 8 heteroatoms. The van der Waals surface area contributed by atoms with Crippen LogP contribution in [-0.4, -0.2) is 16.9 Å². The fourth-order valence-electron chi connectivity index (χ4n) is 1.07. The molecule has 0 aromatic heterocycles. The van der Waals surface area contributed by atoms with Crippen LogP contribution in [0.15, 0.2) is 24.3 Å². The monoisotopic (exact) mass is 276 g/mol. The molecule has 1 rings (SSSR count). The summed E-state index contributed by atoms with van der Waals surface area (Å²) in [5.41, 5.74) is -0.480. The van der Waals surface area contributed by atoms with Gasteiger partial charge in [-0.25, -0.2) is 0 Å². The molecule has 1 unspecified atom stereocenters. The van der Waals surface area contributed by atoms with E-state index in [1.165, 1.54) is 0 Å². The molecule has 1 atom stereocenters. The second-order valence-electron chi connectivity index (χ2n) is 3.06. The molecule has 0 fully saturated rings. The number of benzene rings is 1. The summed E-state index contributed by atoms with van der Waals surface area (Å²) < 4.78 is 64.1. The molecule has 1 N–H and O–H groups in total. The van der Waals surface area contributed by atoms with Crippen molar-refractivity contribution >= 4 is 11.6 Å². The van der Waals surface area contributed by atoms with Gasteiger partial charge < -0.3 is 9.84 Å². The van der Waals surface area contributed by atoms with E-state index in [1.54, 1.807) is 0 Å². The number of hydrogen-bond acceptors (Lipinski definition) is 2. The van der Waals surface area contributed by atoms with Crippen LogP contribution in [0.4, 0.5) is 22.0 Å². The van der Waals surface area contributed by atoms with Crippen molar-refractivity contribution in [2.24, 2.45) is 0 Å². The summed E-state index contributed by atoms with van der Waals surface area (Å²) in [5.74, 6) is -0.713. The maximum atomic E-state index is 12.5. The zero-order valence-electron chi connectivity index (χ0n) is 8.01. The first-order valence-corrected chi connectivity index (χ1v) is 4.58. The van der Waals surface area contributed by atoms with Crippen LogP contribution in [-0.2, 0) is 0 Å². The molecule has 17 heavy (non-hydrogen) atoms. The minimum absolute atomic E-state index is 0.480. The lowest BCUT2D eigenvalue weighted by atomic mass is 10.1. The van der Waals surface area contributed by atoms with Crippen molar-refractivity contribution in [3.8, 4) is 5.75 Å². The quantitative estimate of drug-likeness (QED) is 0.677. The van der Waals surface area contributed by atoms with Crippen molar-refractivity contribution < 1.29 is 31.8 Å². The van der Waals surface area contributed by atoms with Gasteiger partial charge in [0.05, 0.1) is 0 Å². The van der Waals surface area contributed by atoms with E-state index in [1.807, 2.05) is 0 Å². The van der Waals surface area contributed by atoms with Crippen LogP contribution in [0.5, 0.6) is 5.75 Å². The lowest BCUT2D eigenvalue weighted by Crippen LogP contribution is -2.20. The molecule has 0 amide bonds. The van der Waals surface area contributed by atoms with Crippen molar-refractivity contribution in [2.45, 2.75) is 17.8 Å². The van der Waals surface area contributed by atoms with Crippen molar-refractivity contribution in [3.05, 3.63) is 29.8 Å². The van der Waals surface area contributed by atoms with E-state index in [0.29, 0.717) is 6.07 Å². The molecular formula is C9H6ClF5O2. The fourth-order valence-corrected chi connectivity index (χ4v) is 1.20. The molecular weight excluding hydrogens is 271 g/mol. The van der Waals surface area contributed by atoms with Crippen LogP contribution < -0.4 is 4.74 Å². The Morgan fingerprint density at radius 3 is 2.24 bits per heavy atom. The average molecular weight is 277 g/mol. The third-order valence-electron chi connectivity index (χ3n) is 1.72. The van der Waals surface area contributed by atoms with Gasteiger partial charge in [0.2, 0.25) is 0 Å². The fraction of sp³-hybridized carbons (Fsp3) is 0.333. The Labute approximate surface area is 97.6 Å². The van der Waals surface area contributed by atoms with Gasteiger partial charge in [-0.1, -0.05) is 12.1 Å². The summed E-state index contributed by atoms with van der Waals surface area (Å²) in [7, 11) is 0. The number of alkyl halides is 6. The van der Waals surface area contributed by atoms with E-state index in [-0.39, 0.29) is 0 Å². The molecule has 0 aliphatic carbocycles. The van der Waals surface area contributed by atoms with E-state index in [9.17, 15) is 22.0 Å². The molecule has 0 saturated carbocycles. The molecule has 0 spiro atoms. The SMILES string of the molecule is OC(c1cccc(OC(F)(F)F)c1)C(F)(F)Cl. The Balaban J connectivity index is 2.94. The molecule has 0 saturated heterocycles. The van der Waals surface area contributed by atoms with Crippen LogP contribution in [0.3, 0.4) is 0 Å². The van der Waals surface area contributed by atoms with Gasteiger partial charge >= 0.3 is 11.7 Å². The minimum atomic E-state index is -4.94. The second-order valence-corrected chi connectivity index (χ2v) is 3.57. The molecule has 0 heterocycles. The number of ether oxygens (including phenoxy) is 1. The number of rotatable bonds is 3. The lowest BCUT2D eigenvalue weighted by Gasteiger charge is -2.17. The Morgan fingerprint density at radius 2 is 1.76 bits per heavy atom. The number of hydrogen-bond donors (Lipinski definition) is 1. The van der Waals surface area contributed by atoms with Gasteiger partial charge in [-0.05, 0) is 29.3 Å². The van der Waals surface area contributed by atoms with Crippen LogP contribution in [0.1, 0.15) is 11.7 Å². The van der Waals surface area contributed by atoms with Crippen LogP contribution in [0.25, 0.3) is 0 Å². The normalized spacial score (nSPS) is 14.5. The molecule has 0 radical (unpaired) electrons. The van der Waals surface area contributed by atoms with Gasteiger partial charge in [0.1, 0.15) is 5.75 Å². The second kappa shape index (κ2) is 4.66. The summed E-state index contributed by atoms with van der Waals surface area (Å²) in [4.78, 5) is 0. The summed E-state index contributed by atoms with van der Waals surface area (Å²) in [6.07, 6.45) is -7.35. The van der Waals surface area contributed by atoms with Crippen LogP contribution >= 0.6 is 11.6 Å². The standard InChI is InChI=1S/C9H6ClF5O2/c10-8(11,12)7(16)5-2-1-3-6(4-5)17-9(13,14)15/h1-4,7,16H. The Kier molecular flexibility index (Phi) is 3.83. The van der Waals surface area contributed by atoms with Gasteiger partial charge in [0, 0.05) is 0 Å². The van der Waals surface area contributed by atoms with Gasteiger partial charge in [-0.15, -0.1) is 13.2 Å². The van der Waals surface area contributed by atoms with Crippen LogP contribution in [0.2, 0.25) is 0 Å². The van der Waals surface area contributed by atoms with E-state index < -0.39 is 29.2 Å². The van der Waals surface area contributed by atoms with Crippen molar-refractivity contribution in [1.82, 2.24) is 0 Å². The zero-order chi connectivity index (χ0) is 13.3. The van der Waals surface area contributed by atoms with Gasteiger partial charge in [-0.3, -0.25) is 0 Å². The number of halogens is 6. The van der Waals surface area contributed by atoms with E-state index in [0.717, 1.165) is 18.2 Å². The average Bonchev–Trinajstić information content (AvgIpc) is 2.12. The van der Waals surface area contributed by atoms with Crippen molar-refractivity contribution in [1.29, 1.82) is 0 Å². The number of aliphatic hydroxyl groups is 1. The molecule has 96 valence electrons. The van der Waals surface area contributed by atoms with Gasteiger partial charge in [0.25, 0.3) is 0 Å². The highest BCUT2D eigenvalue weighted by Crippen LogP contribution is 2.36. The molecule has 1 aromatic rings. The Hall–Kier alpha value is -1.08. The zero-order valence-corrected chi connectivity index (χ0v) is 8.77.